The van der Waals surface area contributed by atoms with Crippen LogP contribution in [0.15, 0.2) is 47.6 Å². The molecule has 2 aromatic heterocycles. The van der Waals surface area contributed by atoms with Gasteiger partial charge in [0.1, 0.15) is 11.0 Å². The fourth-order valence-corrected chi connectivity index (χ4v) is 4.91. The molecule has 9 heteroatoms. The molecule has 1 aliphatic heterocycles. The van der Waals surface area contributed by atoms with Crippen LogP contribution in [0.2, 0.25) is 0 Å². The number of hydrogen-bond acceptors (Lipinski definition) is 7. The van der Waals surface area contributed by atoms with Crippen molar-refractivity contribution in [1.82, 2.24) is 19.3 Å². The zero-order valence-corrected chi connectivity index (χ0v) is 16.4. The van der Waals surface area contributed by atoms with Crippen molar-refractivity contribution in [2.24, 2.45) is 0 Å². The first-order valence-electron chi connectivity index (χ1n) is 8.87. The van der Waals surface area contributed by atoms with Gasteiger partial charge in [0.25, 0.3) is 11.8 Å². The number of fused-ring (bicyclic) bond motifs is 1. The van der Waals surface area contributed by atoms with E-state index in [1.54, 1.807) is 12.1 Å². The van der Waals surface area contributed by atoms with Crippen LogP contribution < -0.4 is 9.47 Å². The Morgan fingerprint density at radius 2 is 1.89 bits per heavy atom. The van der Waals surface area contributed by atoms with E-state index in [1.165, 1.54) is 23.8 Å². The van der Waals surface area contributed by atoms with Crippen LogP contribution in [-0.4, -0.2) is 54.0 Å². The second-order valence-corrected chi connectivity index (χ2v) is 8.45. The van der Waals surface area contributed by atoms with Crippen molar-refractivity contribution >= 4 is 20.9 Å². The number of benzene rings is 1. The van der Waals surface area contributed by atoms with E-state index in [0.29, 0.717) is 18.5 Å². The number of pyridine rings is 1. The first-order chi connectivity index (χ1) is 13.5. The van der Waals surface area contributed by atoms with Gasteiger partial charge in [-0.2, -0.15) is 4.31 Å². The number of aromatic nitrogens is 3. The highest BCUT2D eigenvalue weighted by Crippen LogP contribution is 2.29. The third-order valence-corrected chi connectivity index (χ3v) is 6.55. The lowest BCUT2D eigenvalue weighted by atomic mass is 10.2. The van der Waals surface area contributed by atoms with Crippen molar-refractivity contribution in [2.75, 3.05) is 20.2 Å². The molecular weight excluding hydrogens is 380 g/mol. The first-order valence-corrected chi connectivity index (χ1v) is 10.3. The van der Waals surface area contributed by atoms with Gasteiger partial charge in [0, 0.05) is 30.0 Å². The smallest absolute Gasteiger partial charge is 0.278 e. The number of sulfonamides is 1. The molecule has 1 atom stereocenters. The minimum absolute atomic E-state index is 0.214. The molecule has 0 spiro atoms. The van der Waals surface area contributed by atoms with Crippen LogP contribution in [0.25, 0.3) is 10.9 Å². The zero-order chi connectivity index (χ0) is 19.7. The van der Waals surface area contributed by atoms with Crippen LogP contribution >= 0.6 is 0 Å². The Morgan fingerprint density at radius 3 is 2.68 bits per heavy atom. The molecule has 146 valence electrons. The molecule has 3 aromatic rings. The Hall–Kier alpha value is -2.78. The molecule has 0 radical (unpaired) electrons. The van der Waals surface area contributed by atoms with Crippen LogP contribution in [-0.2, 0) is 10.0 Å². The predicted octanol–water partition coefficient (Wildman–Crippen LogP) is 2.18. The van der Waals surface area contributed by atoms with E-state index in [-0.39, 0.29) is 29.3 Å². The molecule has 1 aromatic carbocycles. The first kappa shape index (κ1) is 18.6. The minimum atomic E-state index is -3.70. The fourth-order valence-electron chi connectivity index (χ4n) is 3.27. The van der Waals surface area contributed by atoms with Crippen LogP contribution in [0.1, 0.15) is 12.1 Å². The monoisotopic (exact) mass is 400 g/mol. The lowest BCUT2D eigenvalue weighted by molar-refractivity contribution is 0.194. The van der Waals surface area contributed by atoms with Crippen LogP contribution in [0.5, 0.6) is 11.8 Å². The average molecular weight is 400 g/mol. The van der Waals surface area contributed by atoms with Crippen molar-refractivity contribution in [2.45, 2.75) is 24.3 Å². The Balaban J connectivity index is 1.59. The van der Waals surface area contributed by atoms with Crippen molar-refractivity contribution in [1.29, 1.82) is 0 Å². The SMILES string of the molecule is COc1nccnc1OC1CCN(S(=O)(=O)c2cccc3ccc(C)nc23)C1. The topological polar surface area (TPSA) is 94.5 Å². The average Bonchev–Trinajstić information content (AvgIpc) is 3.17. The lowest BCUT2D eigenvalue weighted by Crippen LogP contribution is -2.31. The summed E-state index contributed by atoms with van der Waals surface area (Å²) in [6.07, 6.45) is 3.24. The van der Waals surface area contributed by atoms with E-state index < -0.39 is 10.0 Å². The van der Waals surface area contributed by atoms with Gasteiger partial charge < -0.3 is 9.47 Å². The van der Waals surface area contributed by atoms with Gasteiger partial charge in [-0.15, -0.1) is 0 Å². The maximum atomic E-state index is 13.3. The number of methoxy groups -OCH3 is 1. The van der Waals surface area contributed by atoms with Gasteiger partial charge in [0.15, 0.2) is 0 Å². The Bertz CT molecular complexity index is 1120. The summed E-state index contributed by atoms with van der Waals surface area (Å²) in [4.78, 5) is 12.8. The van der Waals surface area contributed by atoms with Crippen molar-refractivity contribution in [3.8, 4) is 11.8 Å². The quantitative estimate of drug-likeness (QED) is 0.648. The van der Waals surface area contributed by atoms with Gasteiger partial charge in [-0.1, -0.05) is 18.2 Å². The highest BCUT2D eigenvalue weighted by Gasteiger charge is 2.35. The van der Waals surface area contributed by atoms with Crippen molar-refractivity contribution in [3.05, 3.63) is 48.4 Å². The number of nitrogens with zero attached hydrogens (tertiary/aromatic N) is 4. The van der Waals surface area contributed by atoms with Crippen LogP contribution in [0.3, 0.4) is 0 Å². The van der Waals surface area contributed by atoms with Gasteiger partial charge in [0.05, 0.1) is 19.2 Å². The molecule has 4 rings (SSSR count). The molecule has 1 saturated heterocycles. The van der Waals surface area contributed by atoms with Crippen LogP contribution in [0, 0.1) is 6.92 Å². The molecule has 1 aliphatic rings. The maximum Gasteiger partial charge on any atom is 0.278 e. The Labute approximate surface area is 163 Å². The van der Waals surface area contributed by atoms with E-state index in [9.17, 15) is 8.42 Å². The molecule has 0 aliphatic carbocycles. The van der Waals surface area contributed by atoms with Crippen LogP contribution in [0.4, 0.5) is 0 Å². The number of aryl methyl sites for hydroxylation is 1. The summed E-state index contributed by atoms with van der Waals surface area (Å²) in [7, 11) is -2.22. The molecule has 1 unspecified atom stereocenters. The molecule has 0 saturated carbocycles. The molecule has 8 nitrogen and oxygen atoms in total. The summed E-state index contributed by atoms with van der Waals surface area (Å²) in [6, 6.07) is 8.95. The normalized spacial score (nSPS) is 17.7. The highest BCUT2D eigenvalue weighted by atomic mass is 32.2. The Morgan fingerprint density at radius 1 is 1.11 bits per heavy atom. The number of hydrogen-bond donors (Lipinski definition) is 0. The van der Waals surface area contributed by atoms with Gasteiger partial charge in [-0.05, 0) is 25.5 Å². The van der Waals surface area contributed by atoms with E-state index in [1.807, 2.05) is 25.1 Å². The van der Waals surface area contributed by atoms with E-state index >= 15 is 0 Å². The second kappa shape index (κ2) is 7.33. The van der Waals surface area contributed by atoms with Crippen molar-refractivity contribution < 1.29 is 17.9 Å². The molecule has 3 heterocycles. The zero-order valence-electron chi connectivity index (χ0n) is 15.6. The largest absolute Gasteiger partial charge is 0.477 e. The second-order valence-electron chi connectivity index (χ2n) is 6.54. The highest BCUT2D eigenvalue weighted by molar-refractivity contribution is 7.89. The van der Waals surface area contributed by atoms with E-state index in [0.717, 1.165) is 11.1 Å². The summed E-state index contributed by atoms with van der Waals surface area (Å²) >= 11 is 0. The van der Waals surface area contributed by atoms with Gasteiger partial charge in [-0.25, -0.2) is 18.4 Å². The molecule has 1 fully saturated rings. The van der Waals surface area contributed by atoms with Gasteiger partial charge in [-0.3, -0.25) is 4.98 Å². The number of rotatable bonds is 5. The summed E-state index contributed by atoms with van der Waals surface area (Å²) in [5, 5.41) is 0.794. The summed E-state index contributed by atoms with van der Waals surface area (Å²) in [5.41, 5.74) is 1.26. The standard InChI is InChI=1S/C19H20N4O4S/c1-13-6-7-14-4-3-5-16(17(14)22-13)28(24,25)23-11-8-15(12-23)27-19-18(26-2)20-9-10-21-19/h3-7,9-10,15H,8,11-12H2,1-2H3. The summed E-state index contributed by atoms with van der Waals surface area (Å²) < 4.78 is 38.9. The molecular formula is C19H20N4O4S. The number of ether oxygens (including phenoxy) is 2. The third kappa shape index (κ3) is 3.38. The lowest BCUT2D eigenvalue weighted by Gasteiger charge is -2.18. The Kier molecular flexibility index (Phi) is 4.86. The molecule has 0 N–H and O–H groups in total. The summed E-state index contributed by atoms with van der Waals surface area (Å²) in [6.45, 7) is 2.43. The van der Waals surface area contributed by atoms with E-state index in [4.69, 9.17) is 9.47 Å². The summed E-state index contributed by atoms with van der Waals surface area (Å²) in [5.74, 6) is 0.536. The third-order valence-electron chi connectivity index (χ3n) is 4.65. The predicted molar refractivity (Wildman–Crippen MR) is 103 cm³/mol. The number of para-hydroxylation sites is 1. The van der Waals surface area contributed by atoms with Crippen molar-refractivity contribution in [3.63, 3.8) is 0 Å². The minimum Gasteiger partial charge on any atom is -0.477 e. The fraction of sp³-hybridized carbons (Fsp3) is 0.316. The molecule has 0 amide bonds. The van der Waals surface area contributed by atoms with Gasteiger partial charge >= 0.3 is 0 Å². The van der Waals surface area contributed by atoms with Gasteiger partial charge in [0.2, 0.25) is 10.0 Å². The maximum absolute atomic E-state index is 13.3. The molecule has 28 heavy (non-hydrogen) atoms. The molecule has 0 bridgehead atoms. The van der Waals surface area contributed by atoms with E-state index in [2.05, 4.69) is 15.0 Å².